The molecule has 0 fully saturated rings. The number of carbonyl (C=O) groups excluding carboxylic acids is 1. The first kappa shape index (κ1) is 27.4. The van der Waals surface area contributed by atoms with Gasteiger partial charge in [0.15, 0.2) is 0 Å². The van der Waals surface area contributed by atoms with Gasteiger partial charge in [-0.15, -0.1) is 0 Å². The van der Waals surface area contributed by atoms with E-state index in [1.165, 1.54) is 25.7 Å². The summed E-state index contributed by atoms with van der Waals surface area (Å²) in [5, 5.41) is 12.8. The minimum atomic E-state index is -1.29. The number of unbranched alkanes of at least 4 members (excludes halogenated alkanes) is 5. The van der Waals surface area contributed by atoms with Crippen LogP contribution in [0.25, 0.3) is 0 Å². The first-order chi connectivity index (χ1) is 16.4. The second-order valence-corrected chi connectivity index (χ2v) is 9.23. The Balaban J connectivity index is 2.08. The fraction of sp³-hybridized carbons (Fsp3) is 0.517. The summed E-state index contributed by atoms with van der Waals surface area (Å²) in [5.41, 5.74) is 0.808. The summed E-state index contributed by atoms with van der Waals surface area (Å²) in [7, 11) is 0. The van der Waals surface area contributed by atoms with Crippen molar-refractivity contribution in [2.24, 2.45) is 0 Å². The van der Waals surface area contributed by atoms with Gasteiger partial charge in [-0.05, 0) is 49.4 Å². The van der Waals surface area contributed by atoms with Crippen molar-refractivity contribution in [3.05, 3.63) is 65.7 Å². The monoisotopic (exact) mass is 467 g/mol. The summed E-state index contributed by atoms with van der Waals surface area (Å²) < 4.78 is 5.87. The van der Waals surface area contributed by atoms with Crippen molar-refractivity contribution in [3.63, 3.8) is 0 Å². The quantitative estimate of drug-likeness (QED) is 0.264. The van der Waals surface area contributed by atoms with E-state index in [9.17, 15) is 14.7 Å². The molecule has 0 saturated carbocycles. The summed E-state index contributed by atoms with van der Waals surface area (Å²) in [6.45, 7) is 5.59. The standard InChI is InChI=1S/C29H41NO4/c1-4-6-7-8-9-13-19-26(30-27(31)21-20-23-15-11-10-12-16-23)24-17-14-18-25(22-24)34-29(3,5-2)28(32)33/h10-12,14-18,22,26H,4-9,13,19-21H2,1-3H3,(H,30,31)(H,32,33). The van der Waals surface area contributed by atoms with Crippen molar-refractivity contribution in [1.29, 1.82) is 0 Å². The molecule has 1 amide bonds. The number of carboxylic acid groups (broad SMARTS) is 1. The van der Waals surface area contributed by atoms with Crippen LogP contribution in [-0.2, 0) is 16.0 Å². The molecule has 186 valence electrons. The van der Waals surface area contributed by atoms with E-state index in [0.29, 0.717) is 25.0 Å². The molecular formula is C29H41NO4. The summed E-state index contributed by atoms with van der Waals surface area (Å²) in [6.07, 6.45) is 9.43. The smallest absolute Gasteiger partial charge is 0.347 e. The maximum atomic E-state index is 12.8. The predicted octanol–water partition coefficient (Wildman–Crippen LogP) is 6.86. The van der Waals surface area contributed by atoms with Crippen LogP contribution in [0.4, 0.5) is 0 Å². The molecule has 0 spiro atoms. The van der Waals surface area contributed by atoms with Gasteiger partial charge in [-0.1, -0.05) is 94.8 Å². The van der Waals surface area contributed by atoms with Gasteiger partial charge in [0.1, 0.15) is 5.75 Å². The SMILES string of the molecule is CCCCCCCCC(NC(=O)CCc1ccccc1)c1cccc(OC(C)(CC)C(=O)O)c1. The van der Waals surface area contributed by atoms with E-state index >= 15 is 0 Å². The molecule has 2 N–H and O–H groups in total. The molecule has 0 heterocycles. The van der Waals surface area contributed by atoms with Gasteiger partial charge in [0, 0.05) is 6.42 Å². The first-order valence-electron chi connectivity index (χ1n) is 12.7. The van der Waals surface area contributed by atoms with Gasteiger partial charge in [-0.25, -0.2) is 4.79 Å². The third-order valence-corrected chi connectivity index (χ3v) is 6.40. The maximum absolute atomic E-state index is 12.8. The van der Waals surface area contributed by atoms with Gasteiger partial charge < -0.3 is 15.2 Å². The Morgan fingerprint density at radius 1 is 0.971 bits per heavy atom. The first-order valence-corrected chi connectivity index (χ1v) is 12.7. The molecular weight excluding hydrogens is 426 g/mol. The van der Waals surface area contributed by atoms with Crippen LogP contribution in [0.15, 0.2) is 54.6 Å². The number of carbonyl (C=O) groups is 2. The molecule has 2 aromatic rings. The second kappa shape index (κ2) is 14.4. The molecule has 0 aromatic heterocycles. The van der Waals surface area contributed by atoms with E-state index in [1.807, 2.05) is 48.5 Å². The number of hydrogen-bond donors (Lipinski definition) is 2. The van der Waals surface area contributed by atoms with Crippen molar-refractivity contribution in [2.75, 3.05) is 0 Å². The number of aliphatic carboxylic acids is 1. The molecule has 0 radical (unpaired) electrons. The van der Waals surface area contributed by atoms with E-state index in [4.69, 9.17) is 4.74 Å². The number of amides is 1. The minimum absolute atomic E-state index is 0.0232. The molecule has 5 heteroatoms. The van der Waals surface area contributed by atoms with Crippen LogP contribution < -0.4 is 10.1 Å². The zero-order valence-electron chi connectivity index (χ0n) is 21.0. The third-order valence-electron chi connectivity index (χ3n) is 6.40. The number of hydrogen-bond acceptors (Lipinski definition) is 3. The Kier molecular flexibility index (Phi) is 11.7. The molecule has 0 aliphatic rings. The van der Waals surface area contributed by atoms with Crippen molar-refractivity contribution >= 4 is 11.9 Å². The van der Waals surface area contributed by atoms with E-state index in [2.05, 4.69) is 12.2 Å². The summed E-state index contributed by atoms with van der Waals surface area (Å²) in [5.74, 6) is -0.455. The summed E-state index contributed by atoms with van der Waals surface area (Å²) in [4.78, 5) is 24.5. The highest BCUT2D eigenvalue weighted by molar-refractivity contribution is 5.77. The molecule has 34 heavy (non-hydrogen) atoms. The molecule has 5 nitrogen and oxygen atoms in total. The predicted molar refractivity (Wildman–Crippen MR) is 137 cm³/mol. The average molecular weight is 468 g/mol. The van der Waals surface area contributed by atoms with Crippen molar-refractivity contribution < 1.29 is 19.4 Å². The minimum Gasteiger partial charge on any atom is -0.478 e. The van der Waals surface area contributed by atoms with E-state index in [-0.39, 0.29) is 11.9 Å². The number of benzene rings is 2. The molecule has 0 aliphatic carbocycles. The van der Waals surface area contributed by atoms with Gasteiger partial charge in [-0.3, -0.25) is 4.79 Å². The fourth-order valence-corrected chi connectivity index (χ4v) is 3.94. The number of rotatable bonds is 16. The third kappa shape index (κ3) is 9.20. The number of nitrogens with one attached hydrogen (secondary N) is 1. The van der Waals surface area contributed by atoms with Crippen LogP contribution in [0, 0.1) is 0 Å². The van der Waals surface area contributed by atoms with E-state index in [0.717, 1.165) is 30.4 Å². The topological polar surface area (TPSA) is 75.6 Å². The molecule has 0 bridgehead atoms. The lowest BCUT2D eigenvalue weighted by atomic mass is 9.98. The Labute approximate surface area is 204 Å². The Morgan fingerprint density at radius 3 is 2.35 bits per heavy atom. The van der Waals surface area contributed by atoms with Crippen LogP contribution >= 0.6 is 0 Å². The molecule has 0 saturated heterocycles. The zero-order valence-corrected chi connectivity index (χ0v) is 21.0. The van der Waals surface area contributed by atoms with Crippen LogP contribution in [0.5, 0.6) is 5.75 Å². The van der Waals surface area contributed by atoms with Gasteiger partial charge >= 0.3 is 5.97 Å². The van der Waals surface area contributed by atoms with Crippen molar-refractivity contribution in [3.8, 4) is 5.75 Å². The van der Waals surface area contributed by atoms with Crippen molar-refractivity contribution in [1.82, 2.24) is 5.32 Å². The van der Waals surface area contributed by atoms with Crippen LogP contribution in [0.1, 0.15) is 95.7 Å². The highest BCUT2D eigenvalue weighted by Crippen LogP contribution is 2.28. The highest BCUT2D eigenvalue weighted by atomic mass is 16.5. The van der Waals surface area contributed by atoms with Gasteiger partial charge in [0.2, 0.25) is 11.5 Å². The van der Waals surface area contributed by atoms with Crippen LogP contribution in [-0.4, -0.2) is 22.6 Å². The lowest BCUT2D eigenvalue weighted by Gasteiger charge is -2.26. The second-order valence-electron chi connectivity index (χ2n) is 9.23. The number of ether oxygens (including phenoxy) is 1. The molecule has 0 aliphatic heterocycles. The van der Waals surface area contributed by atoms with Gasteiger partial charge in [0.25, 0.3) is 0 Å². The highest BCUT2D eigenvalue weighted by Gasteiger charge is 2.33. The lowest BCUT2D eigenvalue weighted by molar-refractivity contribution is -0.154. The van der Waals surface area contributed by atoms with Crippen LogP contribution in [0.3, 0.4) is 0 Å². The van der Waals surface area contributed by atoms with Gasteiger partial charge in [0.05, 0.1) is 6.04 Å². The van der Waals surface area contributed by atoms with E-state index < -0.39 is 11.6 Å². The summed E-state index contributed by atoms with van der Waals surface area (Å²) >= 11 is 0. The number of carboxylic acids is 1. The largest absolute Gasteiger partial charge is 0.478 e. The van der Waals surface area contributed by atoms with E-state index in [1.54, 1.807) is 19.9 Å². The zero-order chi connectivity index (χ0) is 24.8. The Hall–Kier alpha value is -2.82. The average Bonchev–Trinajstić information content (AvgIpc) is 2.84. The Bertz CT molecular complexity index is 883. The molecule has 2 atom stereocenters. The molecule has 2 aromatic carbocycles. The number of aryl methyl sites for hydroxylation is 1. The van der Waals surface area contributed by atoms with Gasteiger partial charge in [-0.2, -0.15) is 0 Å². The molecule has 2 rings (SSSR count). The lowest BCUT2D eigenvalue weighted by Crippen LogP contribution is -2.40. The summed E-state index contributed by atoms with van der Waals surface area (Å²) in [6, 6.07) is 17.4. The fourth-order valence-electron chi connectivity index (χ4n) is 3.94. The normalized spacial score (nSPS) is 13.6. The molecule has 2 unspecified atom stereocenters. The van der Waals surface area contributed by atoms with Crippen molar-refractivity contribution in [2.45, 2.75) is 96.6 Å². The maximum Gasteiger partial charge on any atom is 0.347 e. The van der Waals surface area contributed by atoms with Crippen LogP contribution in [0.2, 0.25) is 0 Å². The Morgan fingerprint density at radius 2 is 1.68 bits per heavy atom.